The first-order chi connectivity index (χ1) is 10.5. The number of aldehydes is 1. The van der Waals surface area contributed by atoms with E-state index >= 15 is 0 Å². The first-order valence-electron chi connectivity index (χ1n) is 7.50. The quantitative estimate of drug-likeness (QED) is 0.407. The Balaban J connectivity index is 2.14. The summed E-state index contributed by atoms with van der Waals surface area (Å²) in [7, 11) is 0. The lowest BCUT2D eigenvalue weighted by molar-refractivity contribution is -0.145. The highest BCUT2D eigenvalue weighted by Gasteiger charge is 2.28. The molecule has 0 bridgehead atoms. The van der Waals surface area contributed by atoms with E-state index in [1.54, 1.807) is 0 Å². The van der Waals surface area contributed by atoms with Crippen LogP contribution >= 0.6 is 0 Å². The zero-order chi connectivity index (χ0) is 16.4. The summed E-state index contributed by atoms with van der Waals surface area (Å²) in [5, 5.41) is 0. The predicted octanol–water partition coefficient (Wildman–Crippen LogP) is 2.08. The van der Waals surface area contributed by atoms with E-state index in [1.807, 2.05) is 44.2 Å². The van der Waals surface area contributed by atoms with Crippen LogP contribution in [0.4, 0.5) is 0 Å². The normalized spacial score (nSPS) is 13.6. The van der Waals surface area contributed by atoms with Crippen LogP contribution in [0.1, 0.15) is 32.3 Å². The van der Waals surface area contributed by atoms with Crippen molar-refractivity contribution in [3.63, 3.8) is 0 Å². The van der Waals surface area contributed by atoms with Gasteiger partial charge in [-0.1, -0.05) is 44.2 Å². The molecule has 0 amide bonds. The average Bonchev–Trinajstić information content (AvgIpc) is 2.53. The van der Waals surface area contributed by atoms with Gasteiger partial charge in [-0.2, -0.15) is 0 Å². The number of benzene rings is 1. The molecule has 0 heterocycles. The van der Waals surface area contributed by atoms with Gasteiger partial charge in [-0.05, 0) is 17.9 Å². The number of carbonyl (C=O) groups is 2. The molecule has 2 N–H and O–H groups in total. The molecule has 1 aromatic carbocycles. The van der Waals surface area contributed by atoms with E-state index in [2.05, 4.69) is 0 Å². The molecule has 0 radical (unpaired) electrons. The zero-order valence-electron chi connectivity index (χ0n) is 13.3. The minimum absolute atomic E-state index is 0.000776. The Labute approximate surface area is 131 Å². The van der Waals surface area contributed by atoms with Crippen LogP contribution in [0.5, 0.6) is 0 Å². The molecule has 22 heavy (non-hydrogen) atoms. The number of hydrogen-bond acceptors (Lipinski definition) is 5. The Morgan fingerprint density at radius 1 is 1.32 bits per heavy atom. The standard InChI is InChI=1S/C17H25NO4/c1-14(2)17(18,12-19)13-21-10-6-9-16(20)22-11-15-7-4-3-5-8-15/h3-5,7-8,12,14H,6,9-11,13,18H2,1-2H3/t17-/m0/s1. The van der Waals surface area contributed by atoms with Gasteiger partial charge < -0.3 is 20.0 Å². The van der Waals surface area contributed by atoms with Crippen LogP contribution in [0.15, 0.2) is 30.3 Å². The van der Waals surface area contributed by atoms with Crippen molar-refractivity contribution in [3.05, 3.63) is 35.9 Å². The Bertz CT molecular complexity index is 461. The molecule has 122 valence electrons. The van der Waals surface area contributed by atoms with Crippen LogP contribution in [0.3, 0.4) is 0 Å². The number of esters is 1. The molecule has 0 aliphatic carbocycles. The minimum Gasteiger partial charge on any atom is -0.461 e. The van der Waals surface area contributed by atoms with Crippen LogP contribution in [-0.4, -0.2) is 31.0 Å². The van der Waals surface area contributed by atoms with Gasteiger partial charge in [-0.15, -0.1) is 0 Å². The number of ether oxygens (including phenoxy) is 2. The summed E-state index contributed by atoms with van der Waals surface area (Å²) in [6, 6.07) is 9.53. The molecule has 1 atom stereocenters. The SMILES string of the molecule is CC(C)[C@](N)(C=O)COCCCC(=O)OCc1ccccc1. The average molecular weight is 307 g/mol. The Kier molecular flexibility index (Phi) is 7.77. The fourth-order valence-electron chi connectivity index (χ4n) is 1.71. The van der Waals surface area contributed by atoms with Crippen molar-refractivity contribution in [2.24, 2.45) is 11.7 Å². The molecule has 1 rings (SSSR count). The van der Waals surface area contributed by atoms with Gasteiger partial charge in [0.15, 0.2) is 0 Å². The maximum Gasteiger partial charge on any atom is 0.306 e. The molecule has 5 heteroatoms. The summed E-state index contributed by atoms with van der Waals surface area (Å²) in [5.41, 5.74) is 5.91. The minimum atomic E-state index is -0.964. The number of hydrogen-bond donors (Lipinski definition) is 1. The molecule has 0 aromatic heterocycles. The highest BCUT2D eigenvalue weighted by molar-refractivity contribution is 5.69. The van der Waals surface area contributed by atoms with Crippen molar-refractivity contribution in [1.82, 2.24) is 0 Å². The zero-order valence-corrected chi connectivity index (χ0v) is 13.3. The van der Waals surface area contributed by atoms with E-state index in [9.17, 15) is 9.59 Å². The second-order valence-electron chi connectivity index (χ2n) is 5.69. The summed E-state index contributed by atoms with van der Waals surface area (Å²) in [5.74, 6) is -0.258. The molecule has 0 unspecified atom stereocenters. The van der Waals surface area contributed by atoms with Crippen LogP contribution < -0.4 is 5.73 Å². The first kappa shape index (κ1) is 18.3. The van der Waals surface area contributed by atoms with Crippen LogP contribution in [0.25, 0.3) is 0 Å². The molecule has 0 fully saturated rings. The van der Waals surface area contributed by atoms with Crippen molar-refractivity contribution in [3.8, 4) is 0 Å². The maximum atomic E-state index is 11.6. The Hall–Kier alpha value is -1.72. The van der Waals surface area contributed by atoms with Crippen LogP contribution in [-0.2, 0) is 25.7 Å². The Morgan fingerprint density at radius 2 is 2.00 bits per heavy atom. The number of rotatable bonds is 10. The van der Waals surface area contributed by atoms with E-state index in [1.165, 1.54) is 0 Å². The van der Waals surface area contributed by atoms with E-state index < -0.39 is 5.54 Å². The fourth-order valence-corrected chi connectivity index (χ4v) is 1.71. The summed E-state index contributed by atoms with van der Waals surface area (Å²) in [4.78, 5) is 22.6. The summed E-state index contributed by atoms with van der Waals surface area (Å²) in [6.45, 7) is 4.57. The van der Waals surface area contributed by atoms with E-state index in [4.69, 9.17) is 15.2 Å². The predicted molar refractivity (Wildman–Crippen MR) is 84.1 cm³/mol. The third-order valence-corrected chi connectivity index (χ3v) is 3.56. The number of carbonyl (C=O) groups excluding carboxylic acids is 2. The molecule has 0 aliphatic rings. The van der Waals surface area contributed by atoms with Crippen molar-refractivity contribution in [2.45, 2.75) is 38.8 Å². The van der Waals surface area contributed by atoms with Crippen molar-refractivity contribution < 1.29 is 19.1 Å². The van der Waals surface area contributed by atoms with Crippen molar-refractivity contribution in [1.29, 1.82) is 0 Å². The second kappa shape index (κ2) is 9.33. The van der Waals surface area contributed by atoms with Crippen molar-refractivity contribution >= 4 is 12.3 Å². The van der Waals surface area contributed by atoms with Gasteiger partial charge in [-0.25, -0.2) is 0 Å². The van der Waals surface area contributed by atoms with Crippen LogP contribution in [0.2, 0.25) is 0 Å². The van der Waals surface area contributed by atoms with Gasteiger partial charge in [-0.3, -0.25) is 4.79 Å². The van der Waals surface area contributed by atoms with Crippen molar-refractivity contribution in [2.75, 3.05) is 13.2 Å². The van der Waals surface area contributed by atoms with E-state index in [-0.39, 0.29) is 31.5 Å². The van der Waals surface area contributed by atoms with E-state index in [0.717, 1.165) is 11.8 Å². The second-order valence-corrected chi connectivity index (χ2v) is 5.69. The topological polar surface area (TPSA) is 78.6 Å². The van der Waals surface area contributed by atoms with Gasteiger partial charge in [0.05, 0.1) is 12.1 Å². The van der Waals surface area contributed by atoms with E-state index in [0.29, 0.717) is 13.0 Å². The highest BCUT2D eigenvalue weighted by atomic mass is 16.5. The third-order valence-electron chi connectivity index (χ3n) is 3.56. The molecule has 5 nitrogen and oxygen atoms in total. The maximum absolute atomic E-state index is 11.6. The Morgan fingerprint density at radius 3 is 2.59 bits per heavy atom. The van der Waals surface area contributed by atoms with Gasteiger partial charge >= 0.3 is 5.97 Å². The molecule has 0 saturated heterocycles. The number of nitrogens with two attached hydrogens (primary N) is 1. The van der Waals surface area contributed by atoms with Gasteiger partial charge in [0.1, 0.15) is 12.9 Å². The molecular weight excluding hydrogens is 282 g/mol. The molecule has 1 aromatic rings. The molecule has 0 saturated carbocycles. The third kappa shape index (κ3) is 6.37. The highest BCUT2D eigenvalue weighted by Crippen LogP contribution is 2.12. The monoisotopic (exact) mass is 307 g/mol. The lowest BCUT2D eigenvalue weighted by atomic mass is 9.90. The van der Waals surface area contributed by atoms with Crippen LogP contribution in [0, 0.1) is 5.92 Å². The first-order valence-corrected chi connectivity index (χ1v) is 7.50. The van der Waals surface area contributed by atoms with Gasteiger partial charge in [0.2, 0.25) is 0 Å². The molecular formula is C17H25NO4. The largest absolute Gasteiger partial charge is 0.461 e. The smallest absolute Gasteiger partial charge is 0.306 e. The lowest BCUT2D eigenvalue weighted by Gasteiger charge is -2.26. The summed E-state index contributed by atoms with van der Waals surface area (Å²) in [6.07, 6.45) is 1.56. The van der Waals surface area contributed by atoms with Gasteiger partial charge in [0.25, 0.3) is 0 Å². The fraction of sp³-hybridized carbons (Fsp3) is 0.529. The van der Waals surface area contributed by atoms with Gasteiger partial charge in [0, 0.05) is 13.0 Å². The molecule has 0 aliphatic heterocycles. The summed E-state index contributed by atoms with van der Waals surface area (Å²) >= 11 is 0. The summed E-state index contributed by atoms with van der Waals surface area (Å²) < 4.78 is 10.6. The molecule has 0 spiro atoms. The lowest BCUT2D eigenvalue weighted by Crippen LogP contribution is -2.51.